The monoisotopic (exact) mass is 376 g/mol. The summed E-state index contributed by atoms with van der Waals surface area (Å²) in [5, 5.41) is 0. The zero-order chi connectivity index (χ0) is 18.8. The van der Waals surface area contributed by atoms with E-state index in [1.165, 1.54) is 50.9 Å². The molecule has 2 saturated heterocycles. The lowest BCUT2D eigenvalue weighted by Crippen LogP contribution is -2.54. The van der Waals surface area contributed by atoms with Gasteiger partial charge < -0.3 is 9.64 Å². The van der Waals surface area contributed by atoms with Gasteiger partial charge in [0.15, 0.2) is 0 Å². The maximum Gasteiger partial charge on any atom is 0.0480 e. The Morgan fingerprint density at radius 3 is 2.39 bits per heavy atom. The van der Waals surface area contributed by atoms with E-state index in [2.05, 4.69) is 64.4 Å². The van der Waals surface area contributed by atoms with Crippen LogP contribution < -0.4 is 0 Å². The van der Waals surface area contributed by atoms with Crippen molar-refractivity contribution in [3.63, 3.8) is 0 Å². The Labute approximate surface area is 169 Å². The molecule has 3 aliphatic rings. The molecule has 3 nitrogen and oxygen atoms in total. The van der Waals surface area contributed by atoms with E-state index in [1.54, 1.807) is 11.1 Å². The van der Waals surface area contributed by atoms with Gasteiger partial charge in [0.1, 0.15) is 0 Å². The van der Waals surface area contributed by atoms with Gasteiger partial charge in [0, 0.05) is 44.3 Å². The molecule has 0 saturated carbocycles. The lowest BCUT2D eigenvalue weighted by atomic mass is 9.68. The highest BCUT2D eigenvalue weighted by molar-refractivity contribution is 5.38. The molecule has 2 aromatic rings. The molecule has 0 amide bonds. The lowest BCUT2D eigenvalue weighted by molar-refractivity contribution is 0.00960. The van der Waals surface area contributed by atoms with Crippen molar-refractivity contribution < 1.29 is 4.74 Å². The number of hydrogen-bond donors (Lipinski definition) is 0. The third-order valence-corrected chi connectivity index (χ3v) is 7.22. The van der Waals surface area contributed by atoms with E-state index < -0.39 is 0 Å². The first-order valence-electron chi connectivity index (χ1n) is 11.0. The fourth-order valence-electron chi connectivity index (χ4n) is 5.73. The number of rotatable bonds is 3. The molecule has 3 heterocycles. The van der Waals surface area contributed by atoms with Crippen LogP contribution in [-0.2, 0) is 23.2 Å². The fourth-order valence-corrected chi connectivity index (χ4v) is 5.73. The molecule has 3 aliphatic heterocycles. The molecule has 0 atom stereocenters. The van der Waals surface area contributed by atoms with Gasteiger partial charge in [-0.25, -0.2) is 0 Å². The molecular weight excluding hydrogens is 344 g/mol. The highest BCUT2D eigenvalue weighted by Crippen LogP contribution is 2.42. The fraction of sp³-hybridized carbons (Fsp3) is 0.520. The van der Waals surface area contributed by atoms with Crippen LogP contribution in [-0.4, -0.2) is 48.7 Å². The number of fused-ring (bicyclic) bond motifs is 2. The van der Waals surface area contributed by atoms with Gasteiger partial charge in [-0.3, -0.25) is 4.90 Å². The Morgan fingerprint density at radius 2 is 1.61 bits per heavy atom. The maximum atomic E-state index is 5.58. The van der Waals surface area contributed by atoms with E-state index in [0.29, 0.717) is 5.41 Å². The number of likely N-dealkylation sites (tertiary alicyclic amines) is 1. The van der Waals surface area contributed by atoms with Crippen molar-refractivity contribution >= 4 is 0 Å². The number of piperidine rings is 1. The molecule has 5 rings (SSSR count). The second-order valence-corrected chi connectivity index (χ2v) is 8.95. The van der Waals surface area contributed by atoms with E-state index in [4.69, 9.17) is 4.74 Å². The molecule has 3 heteroatoms. The van der Waals surface area contributed by atoms with Crippen molar-refractivity contribution in [1.82, 2.24) is 9.80 Å². The Kier molecular flexibility index (Phi) is 5.23. The number of benzene rings is 2. The highest BCUT2D eigenvalue weighted by Gasteiger charge is 2.42. The minimum Gasteiger partial charge on any atom is -0.381 e. The van der Waals surface area contributed by atoms with Crippen LogP contribution in [0.3, 0.4) is 0 Å². The van der Waals surface area contributed by atoms with Crippen molar-refractivity contribution in [1.29, 1.82) is 0 Å². The van der Waals surface area contributed by atoms with E-state index in [1.807, 2.05) is 0 Å². The van der Waals surface area contributed by atoms with Crippen molar-refractivity contribution in [2.75, 3.05) is 32.8 Å². The van der Waals surface area contributed by atoms with Crippen LogP contribution in [0.5, 0.6) is 0 Å². The zero-order valence-corrected chi connectivity index (χ0v) is 16.9. The largest absolute Gasteiger partial charge is 0.381 e. The summed E-state index contributed by atoms with van der Waals surface area (Å²) in [5.74, 6) is 0. The first-order chi connectivity index (χ1) is 13.8. The summed E-state index contributed by atoms with van der Waals surface area (Å²) in [5.41, 5.74) is 4.93. The molecule has 0 bridgehead atoms. The Bertz CT molecular complexity index is 776. The van der Waals surface area contributed by atoms with Crippen LogP contribution in [0.15, 0.2) is 54.6 Å². The average molecular weight is 377 g/mol. The van der Waals surface area contributed by atoms with E-state index in [0.717, 1.165) is 32.3 Å². The number of ether oxygens (including phenoxy) is 1. The molecule has 0 aromatic heterocycles. The molecular formula is C25H32N2O. The summed E-state index contributed by atoms with van der Waals surface area (Å²) in [4.78, 5) is 5.44. The number of hydrogen-bond acceptors (Lipinski definition) is 3. The summed E-state index contributed by atoms with van der Waals surface area (Å²) in [6.45, 7) is 7.69. The van der Waals surface area contributed by atoms with Crippen LogP contribution in [0.25, 0.3) is 0 Å². The van der Waals surface area contributed by atoms with E-state index >= 15 is 0 Å². The third kappa shape index (κ3) is 3.63. The van der Waals surface area contributed by atoms with Gasteiger partial charge in [-0.05, 0) is 55.5 Å². The number of nitrogens with zero attached hydrogens (tertiary/aromatic N) is 2. The summed E-state index contributed by atoms with van der Waals surface area (Å²) in [7, 11) is 0. The molecule has 2 aromatic carbocycles. The second-order valence-electron chi connectivity index (χ2n) is 8.95. The predicted molar refractivity (Wildman–Crippen MR) is 113 cm³/mol. The Hall–Kier alpha value is -1.68. The molecule has 0 radical (unpaired) electrons. The first-order valence-corrected chi connectivity index (χ1v) is 11.0. The van der Waals surface area contributed by atoms with Crippen LogP contribution in [0.4, 0.5) is 0 Å². The predicted octanol–water partition coefficient (Wildman–Crippen LogP) is 4.22. The Morgan fingerprint density at radius 1 is 0.893 bits per heavy atom. The second kappa shape index (κ2) is 7.98. The molecule has 2 fully saturated rings. The summed E-state index contributed by atoms with van der Waals surface area (Å²) < 4.78 is 5.58. The highest BCUT2D eigenvalue weighted by atomic mass is 16.5. The van der Waals surface area contributed by atoms with Gasteiger partial charge in [-0.2, -0.15) is 0 Å². The maximum absolute atomic E-state index is 5.58. The lowest BCUT2D eigenvalue weighted by Gasteiger charge is -2.50. The van der Waals surface area contributed by atoms with Gasteiger partial charge in [0.05, 0.1) is 0 Å². The summed E-state index contributed by atoms with van der Waals surface area (Å²) in [6, 6.07) is 21.0. The third-order valence-electron chi connectivity index (χ3n) is 7.22. The van der Waals surface area contributed by atoms with Gasteiger partial charge >= 0.3 is 0 Å². The summed E-state index contributed by atoms with van der Waals surface area (Å²) >= 11 is 0. The van der Waals surface area contributed by atoms with Crippen LogP contribution in [0, 0.1) is 0 Å². The smallest absolute Gasteiger partial charge is 0.0480 e. The SMILES string of the molecule is c1ccc(CN2Cc3ccccc3C3(CCN(C4CCOCC4)CC3)C2)cc1. The standard InChI is InChI=1S/C25H32N2O/c1-2-6-21(7-3-1)18-26-19-22-8-4-5-9-24(22)25(20-26)12-14-27(15-13-25)23-10-16-28-17-11-23/h1-9,23H,10-20H2. The minimum absolute atomic E-state index is 0.325. The average Bonchev–Trinajstić information content (AvgIpc) is 2.76. The first kappa shape index (κ1) is 18.4. The molecule has 28 heavy (non-hydrogen) atoms. The molecule has 0 aliphatic carbocycles. The van der Waals surface area contributed by atoms with Crippen LogP contribution in [0.1, 0.15) is 42.4 Å². The molecule has 1 spiro atoms. The topological polar surface area (TPSA) is 15.7 Å². The van der Waals surface area contributed by atoms with Crippen molar-refractivity contribution in [3.8, 4) is 0 Å². The van der Waals surface area contributed by atoms with E-state index in [-0.39, 0.29) is 0 Å². The molecule has 0 N–H and O–H groups in total. The van der Waals surface area contributed by atoms with Gasteiger partial charge in [-0.1, -0.05) is 54.6 Å². The quantitative estimate of drug-likeness (QED) is 0.798. The zero-order valence-electron chi connectivity index (χ0n) is 16.9. The summed E-state index contributed by atoms with van der Waals surface area (Å²) in [6.07, 6.45) is 4.99. The Balaban J connectivity index is 1.35. The molecule has 0 unspecified atom stereocenters. The van der Waals surface area contributed by atoms with Crippen molar-refractivity contribution in [2.45, 2.75) is 50.2 Å². The minimum atomic E-state index is 0.325. The van der Waals surface area contributed by atoms with Gasteiger partial charge in [-0.15, -0.1) is 0 Å². The van der Waals surface area contributed by atoms with Crippen molar-refractivity contribution in [2.24, 2.45) is 0 Å². The van der Waals surface area contributed by atoms with Gasteiger partial charge in [0.2, 0.25) is 0 Å². The van der Waals surface area contributed by atoms with Gasteiger partial charge in [0.25, 0.3) is 0 Å². The van der Waals surface area contributed by atoms with E-state index in [9.17, 15) is 0 Å². The normalized spacial score (nSPS) is 23.6. The van der Waals surface area contributed by atoms with Crippen molar-refractivity contribution in [3.05, 3.63) is 71.3 Å². The van der Waals surface area contributed by atoms with Crippen LogP contribution >= 0.6 is 0 Å². The van der Waals surface area contributed by atoms with Crippen LogP contribution in [0.2, 0.25) is 0 Å². The molecule has 148 valence electrons.